The topological polar surface area (TPSA) is 24.5 Å². The van der Waals surface area contributed by atoms with Gasteiger partial charge in [0.15, 0.2) is 0 Å². The number of nitrogens with zero attached hydrogens (tertiary/aromatic N) is 1. The zero-order valence-corrected chi connectivity index (χ0v) is 13.9. The molecule has 122 valence electrons. The van der Waals surface area contributed by atoms with Crippen molar-refractivity contribution in [3.05, 3.63) is 0 Å². The fourth-order valence-electron chi connectivity index (χ4n) is 4.89. The Labute approximate surface area is 130 Å². The van der Waals surface area contributed by atoms with Crippen molar-refractivity contribution in [1.82, 2.24) is 10.2 Å². The molecule has 2 unspecified atom stereocenters. The van der Waals surface area contributed by atoms with E-state index in [1.807, 2.05) is 0 Å². The lowest BCUT2D eigenvalue weighted by molar-refractivity contribution is -0.0701. The van der Waals surface area contributed by atoms with Crippen LogP contribution in [-0.2, 0) is 4.74 Å². The number of hydrogen-bond acceptors (Lipinski definition) is 3. The summed E-state index contributed by atoms with van der Waals surface area (Å²) in [6, 6.07) is 0.723. The molecule has 3 nitrogen and oxygen atoms in total. The third-order valence-corrected chi connectivity index (χ3v) is 6.05. The zero-order chi connectivity index (χ0) is 14.5. The van der Waals surface area contributed by atoms with Crippen molar-refractivity contribution in [3.63, 3.8) is 0 Å². The first-order chi connectivity index (χ1) is 10.3. The number of hydrogen-bond donors (Lipinski definition) is 1. The molecule has 2 atom stereocenters. The van der Waals surface area contributed by atoms with Gasteiger partial charge in [-0.1, -0.05) is 32.6 Å². The van der Waals surface area contributed by atoms with Gasteiger partial charge in [-0.3, -0.25) is 4.90 Å². The summed E-state index contributed by atoms with van der Waals surface area (Å²) in [4.78, 5) is 2.81. The first-order valence-corrected chi connectivity index (χ1v) is 9.39. The standard InChI is InChI=1S/C18H34N2O/c1-2-19-14-18(10-5-3-4-6-11-18)15-20-12-13-21-17-9-7-8-16(17)20/h16-17,19H,2-15H2,1H3. The SMILES string of the molecule is CCNCC1(CN2CCOC3CCCC32)CCCCCC1. The van der Waals surface area contributed by atoms with Gasteiger partial charge in [-0.15, -0.1) is 0 Å². The third-order valence-electron chi connectivity index (χ3n) is 6.05. The number of ether oxygens (including phenoxy) is 1. The molecular weight excluding hydrogens is 260 g/mol. The second kappa shape index (κ2) is 7.43. The van der Waals surface area contributed by atoms with Gasteiger partial charge in [-0.25, -0.2) is 0 Å². The maximum atomic E-state index is 6.00. The summed E-state index contributed by atoms with van der Waals surface area (Å²) in [7, 11) is 0. The molecule has 1 aliphatic heterocycles. The Balaban J connectivity index is 1.67. The quantitative estimate of drug-likeness (QED) is 0.788. The van der Waals surface area contributed by atoms with E-state index in [4.69, 9.17) is 4.74 Å². The first kappa shape index (κ1) is 15.8. The summed E-state index contributed by atoms with van der Waals surface area (Å²) in [6.45, 7) is 8.00. The molecule has 3 heteroatoms. The van der Waals surface area contributed by atoms with E-state index in [0.717, 1.165) is 25.7 Å². The molecular formula is C18H34N2O. The van der Waals surface area contributed by atoms with Crippen LogP contribution < -0.4 is 5.32 Å². The van der Waals surface area contributed by atoms with Crippen LogP contribution >= 0.6 is 0 Å². The van der Waals surface area contributed by atoms with Crippen molar-refractivity contribution in [2.24, 2.45) is 5.41 Å². The van der Waals surface area contributed by atoms with Gasteiger partial charge in [0.2, 0.25) is 0 Å². The summed E-state index contributed by atoms with van der Waals surface area (Å²) in [5.74, 6) is 0. The molecule has 3 fully saturated rings. The molecule has 3 rings (SSSR count). The van der Waals surface area contributed by atoms with Crippen LogP contribution in [0.1, 0.15) is 64.7 Å². The third kappa shape index (κ3) is 3.80. The van der Waals surface area contributed by atoms with Crippen LogP contribution in [0, 0.1) is 5.41 Å². The van der Waals surface area contributed by atoms with Crippen LogP contribution in [-0.4, -0.2) is 49.8 Å². The molecule has 0 aromatic heterocycles. The summed E-state index contributed by atoms with van der Waals surface area (Å²) >= 11 is 0. The molecule has 3 aliphatic rings. The average molecular weight is 294 g/mol. The summed E-state index contributed by atoms with van der Waals surface area (Å²) in [5.41, 5.74) is 0.525. The number of morpholine rings is 1. The molecule has 21 heavy (non-hydrogen) atoms. The van der Waals surface area contributed by atoms with Gasteiger partial charge in [-0.2, -0.15) is 0 Å². The fraction of sp³-hybridized carbons (Fsp3) is 1.00. The van der Waals surface area contributed by atoms with Gasteiger partial charge in [0.1, 0.15) is 0 Å². The minimum atomic E-state index is 0.525. The highest BCUT2D eigenvalue weighted by Gasteiger charge is 2.40. The first-order valence-electron chi connectivity index (χ1n) is 9.39. The zero-order valence-electron chi connectivity index (χ0n) is 13.9. The highest BCUT2D eigenvalue weighted by atomic mass is 16.5. The maximum Gasteiger partial charge on any atom is 0.0730 e. The van der Waals surface area contributed by atoms with E-state index in [1.54, 1.807) is 0 Å². The van der Waals surface area contributed by atoms with Gasteiger partial charge in [-0.05, 0) is 44.1 Å². The van der Waals surface area contributed by atoms with Crippen molar-refractivity contribution in [2.45, 2.75) is 76.9 Å². The largest absolute Gasteiger partial charge is 0.375 e. The predicted molar refractivity (Wildman–Crippen MR) is 87.6 cm³/mol. The smallest absolute Gasteiger partial charge is 0.0730 e. The van der Waals surface area contributed by atoms with Crippen molar-refractivity contribution >= 4 is 0 Å². The van der Waals surface area contributed by atoms with E-state index in [9.17, 15) is 0 Å². The molecule has 2 aliphatic carbocycles. The van der Waals surface area contributed by atoms with E-state index in [2.05, 4.69) is 17.1 Å². The molecule has 1 heterocycles. The molecule has 1 N–H and O–H groups in total. The van der Waals surface area contributed by atoms with Crippen LogP contribution in [0.25, 0.3) is 0 Å². The Hall–Kier alpha value is -0.120. The van der Waals surface area contributed by atoms with Crippen LogP contribution in [0.5, 0.6) is 0 Å². The van der Waals surface area contributed by atoms with Gasteiger partial charge >= 0.3 is 0 Å². The van der Waals surface area contributed by atoms with Crippen LogP contribution in [0.4, 0.5) is 0 Å². The normalized spacial score (nSPS) is 33.6. The number of fused-ring (bicyclic) bond motifs is 1. The Kier molecular flexibility index (Phi) is 5.58. The molecule has 0 aromatic carbocycles. The summed E-state index contributed by atoms with van der Waals surface area (Å²) in [5, 5.41) is 3.68. The van der Waals surface area contributed by atoms with E-state index < -0.39 is 0 Å². The fourth-order valence-corrected chi connectivity index (χ4v) is 4.89. The second-order valence-corrected chi connectivity index (χ2v) is 7.57. The summed E-state index contributed by atoms with van der Waals surface area (Å²) in [6.07, 6.45) is 13.2. The molecule has 0 bridgehead atoms. The molecule has 1 saturated heterocycles. The molecule has 0 spiro atoms. The summed E-state index contributed by atoms with van der Waals surface area (Å²) < 4.78 is 6.00. The predicted octanol–water partition coefficient (Wildman–Crippen LogP) is 3.19. The van der Waals surface area contributed by atoms with Crippen molar-refractivity contribution in [1.29, 1.82) is 0 Å². The second-order valence-electron chi connectivity index (χ2n) is 7.57. The highest BCUT2D eigenvalue weighted by molar-refractivity contribution is 4.94. The van der Waals surface area contributed by atoms with Crippen molar-refractivity contribution in [3.8, 4) is 0 Å². The molecule has 0 aromatic rings. The lowest BCUT2D eigenvalue weighted by Crippen LogP contribution is -2.54. The number of nitrogens with one attached hydrogen (secondary N) is 1. The molecule has 0 amide bonds. The minimum absolute atomic E-state index is 0.525. The van der Waals surface area contributed by atoms with E-state index in [0.29, 0.717) is 11.5 Å². The van der Waals surface area contributed by atoms with Gasteiger partial charge in [0.05, 0.1) is 12.7 Å². The van der Waals surface area contributed by atoms with Gasteiger partial charge in [0.25, 0.3) is 0 Å². The Bertz CT molecular complexity index is 312. The van der Waals surface area contributed by atoms with Crippen LogP contribution in [0.15, 0.2) is 0 Å². The lowest BCUT2D eigenvalue weighted by Gasteiger charge is -2.44. The van der Waals surface area contributed by atoms with E-state index in [-0.39, 0.29) is 0 Å². The van der Waals surface area contributed by atoms with Crippen LogP contribution in [0.3, 0.4) is 0 Å². The molecule has 2 saturated carbocycles. The Morgan fingerprint density at radius 3 is 2.67 bits per heavy atom. The van der Waals surface area contributed by atoms with E-state index in [1.165, 1.54) is 70.9 Å². The lowest BCUT2D eigenvalue weighted by atomic mass is 9.79. The Morgan fingerprint density at radius 2 is 1.90 bits per heavy atom. The van der Waals surface area contributed by atoms with Crippen molar-refractivity contribution in [2.75, 3.05) is 32.8 Å². The molecule has 0 radical (unpaired) electrons. The van der Waals surface area contributed by atoms with Crippen molar-refractivity contribution < 1.29 is 4.74 Å². The number of rotatable bonds is 5. The van der Waals surface area contributed by atoms with Crippen LogP contribution in [0.2, 0.25) is 0 Å². The highest BCUT2D eigenvalue weighted by Crippen LogP contribution is 2.38. The Morgan fingerprint density at radius 1 is 1.10 bits per heavy atom. The monoisotopic (exact) mass is 294 g/mol. The van der Waals surface area contributed by atoms with Gasteiger partial charge in [0, 0.05) is 25.7 Å². The maximum absolute atomic E-state index is 6.00. The minimum Gasteiger partial charge on any atom is -0.375 e. The van der Waals surface area contributed by atoms with Gasteiger partial charge < -0.3 is 10.1 Å². The average Bonchev–Trinajstić information content (AvgIpc) is 2.87. The van der Waals surface area contributed by atoms with E-state index >= 15 is 0 Å².